The maximum absolute atomic E-state index is 2.29. The summed E-state index contributed by atoms with van der Waals surface area (Å²) >= 11 is 0. The number of rotatable bonds is 0. The summed E-state index contributed by atoms with van der Waals surface area (Å²) in [5.41, 5.74) is 8.52. The largest absolute Gasteiger partial charge is 0.0614 e. The Labute approximate surface area is 130 Å². The molecule has 0 amide bonds. The van der Waals surface area contributed by atoms with Gasteiger partial charge in [0.05, 0.1) is 0 Å². The van der Waals surface area contributed by atoms with Crippen molar-refractivity contribution in [2.24, 2.45) is 0 Å². The third kappa shape index (κ3) is 1.64. The number of fused-ring (bicyclic) bond motifs is 4. The average molecular weight is 280 g/mol. The van der Waals surface area contributed by atoms with E-state index in [9.17, 15) is 0 Å². The summed E-state index contributed by atoms with van der Waals surface area (Å²) in [6.07, 6.45) is 29.0. The van der Waals surface area contributed by atoms with Crippen molar-refractivity contribution in [3.8, 4) is 0 Å². The first-order chi connectivity index (χ1) is 10.9. The van der Waals surface area contributed by atoms with E-state index in [1.807, 2.05) is 0 Å². The Balaban J connectivity index is 2.04. The highest BCUT2D eigenvalue weighted by Crippen LogP contribution is 2.28. The molecule has 4 aliphatic rings. The van der Waals surface area contributed by atoms with Crippen molar-refractivity contribution in [1.82, 2.24) is 0 Å². The second kappa shape index (κ2) is 4.45. The van der Waals surface area contributed by atoms with Crippen LogP contribution in [0.4, 0.5) is 0 Å². The van der Waals surface area contributed by atoms with Crippen molar-refractivity contribution in [2.75, 3.05) is 0 Å². The first-order valence-electron chi connectivity index (χ1n) is 7.89. The molecule has 22 heavy (non-hydrogen) atoms. The van der Waals surface area contributed by atoms with Crippen LogP contribution >= 0.6 is 0 Å². The fraction of sp³-hybridized carbons (Fsp3) is 0.0909. The zero-order chi connectivity index (χ0) is 14.5. The third-order valence-corrected chi connectivity index (χ3v) is 4.94. The fourth-order valence-electron chi connectivity index (χ4n) is 3.91. The van der Waals surface area contributed by atoms with Gasteiger partial charge in [-0.05, 0) is 56.7 Å². The van der Waals surface area contributed by atoms with E-state index in [4.69, 9.17) is 0 Å². The lowest BCUT2D eigenvalue weighted by Gasteiger charge is -2.15. The smallest absolute Gasteiger partial charge is 0.00134 e. The molecule has 0 fully saturated rings. The normalized spacial score (nSPS) is 19.1. The minimum absolute atomic E-state index is 1.02. The van der Waals surface area contributed by atoms with Crippen LogP contribution in [0.15, 0.2) is 59.8 Å². The van der Waals surface area contributed by atoms with Gasteiger partial charge in [-0.1, -0.05) is 72.9 Å². The molecule has 0 unspecified atom stereocenters. The van der Waals surface area contributed by atoms with Gasteiger partial charge in [0.25, 0.3) is 0 Å². The lowest BCUT2D eigenvalue weighted by molar-refractivity contribution is 1.11. The van der Waals surface area contributed by atoms with Crippen LogP contribution in [-0.2, 0) is 12.8 Å². The van der Waals surface area contributed by atoms with Crippen molar-refractivity contribution >= 4 is 24.3 Å². The minimum atomic E-state index is 1.02. The van der Waals surface area contributed by atoms with Gasteiger partial charge in [-0.2, -0.15) is 0 Å². The molecule has 0 heteroatoms. The summed E-state index contributed by atoms with van der Waals surface area (Å²) < 4.78 is 0. The Bertz CT molecular complexity index is 916. The molecule has 4 aliphatic carbocycles. The Kier molecular flexibility index (Phi) is 2.42. The van der Waals surface area contributed by atoms with Gasteiger partial charge in [0.1, 0.15) is 0 Å². The Hall–Kier alpha value is -2.60. The van der Waals surface area contributed by atoms with Crippen molar-refractivity contribution in [3.05, 3.63) is 92.4 Å². The minimum Gasteiger partial charge on any atom is -0.0614 e. The maximum Gasteiger partial charge on any atom is -0.00134 e. The molecule has 5 rings (SSSR count). The number of benzene rings is 1. The van der Waals surface area contributed by atoms with Crippen molar-refractivity contribution in [2.45, 2.75) is 12.8 Å². The molecule has 0 nitrogen and oxygen atoms in total. The number of allylic oxidation sites excluding steroid dienone is 10. The van der Waals surface area contributed by atoms with Gasteiger partial charge in [-0.15, -0.1) is 0 Å². The molecule has 0 saturated carbocycles. The molecule has 0 heterocycles. The van der Waals surface area contributed by atoms with Gasteiger partial charge < -0.3 is 0 Å². The molecule has 1 aromatic carbocycles. The zero-order valence-electron chi connectivity index (χ0n) is 12.3. The van der Waals surface area contributed by atoms with E-state index < -0.39 is 0 Å². The Morgan fingerprint density at radius 3 is 1.45 bits per heavy atom. The molecule has 0 saturated heterocycles. The molecule has 0 spiro atoms. The van der Waals surface area contributed by atoms with Crippen LogP contribution in [0, 0.1) is 0 Å². The molecule has 104 valence electrons. The Morgan fingerprint density at radius 1 is 0.500 bits per heavy atom. The highest BCUT2D eigenvalue weighted by molar-refractivity contribution is 5.77. The van der Waals surface area contributed by atoms with Gasteiger partial charge in [0.2, 0.25) is 0 Å². The highest BCUT2D eigenvalue weighted by atomic mass is 14.2. The lowest BCUT2D eigenvalue weighted by atomic mass is 9.88. The summed E-state index contributed by atoms with van der Waals surface area (Å²) in [6.45, 7) is 0. The number of hydrogen-bond donors (Lipinski definition) is 0. The number of hydrogen-bond acceptors (Lipinski definition) is 0. The van der Waals surface area contributed by atoms with E-state index in [0.717, 1.165) is 12.8 Å². The predicted molar refractivity (Wildman–Crippen MR) is 94.5 cm³/mol. The fourth-order valence-corrected chi connectivity index (χ4v) is 3.91. The van der Waals surface area contributed by atoms with Crippen LogP contribution < -0.4 is 10.4 Å². The van der Waals surface area contributed by atoms with Crippen LogP contribution in [0.5, 0.6) is 0 Å². The summed E-state index contributed by atoms with van der Waals surface area (Å²) in [5.74, 6) is 0. The quantitative estimate of drug-likeness (QED) is 0.683. The second-order valence-corrected chi connectivity index (χ2v) is 6.22. The van der Waals surface area contributed by atoms with Gasteiger partial charge in [-0.3, -0.25) is 0 Å². The van der Waals surface area contributed by atoms with Gasteiger partial charge in [-0.25, -0.2) is 0 Å². The zero-order valence-corrected chi connectivity index (χ0v) is 12.3. The molecular weight excluding hydrogens is 264 g/mol. The molecule has 0 aliphatic heterocycles. The maximum atomic E-state index is 2.29. The molecular formula is C22H16. The van der Waals surface area contributed by atoms with E-state index in [1.54, 1.807) is 0 Å². The topological polar surface area (TPSA) is 0 Å². The summed E-state index contributed by atoms with van der Waals surface area (Å²) in [6, 6.07) is 0. The third-order valence-electron chi connectivity index (χ3n) is 4.94. The first kappa shape index (κ1) is 12.0. The lowest BCUT2D eigenvalue weighted by Crippen LogP contribution is -2.34. The van der Waals surface area contributed by atoms with Gasteiger partial charge in [0.15, 0.2) is 0 Å². The summed E-state index contributed by atoms with van der Waals surface area (Å²) in [5, 5.41) is 2.81. The van der Waals surface area contributed by atoms with Crippen LogP contribution in [0.2, 0.25) is 0 Å². The van der Waals surface area contributed by atoms with Crippen LogP contribution in [-0.4, -0.2) is 0 Å². The van der Waals surface area contributed by atoms with Crippen LogP contribution in [0.3, 0.4) is 0 Å². The van der Waals surface area contributed by atoms with Crippen molar-refractivity contribution in [1.29, 1.82) is 0 Å². The van der Waals surface area contributed by atoms with Crippen molar-refractivity contribution < 1.29 is 0 Å². The van der Waals surface area contributed by atoms with Gasteiger partial charge in [0, 0.05) is 0 Å². The molecule has 0 aromatic heterocycles. The van der Waals surface area contributed by atoms with Crippen LogP contribution in [0.25, 0.3) is 24.3 Å². The van der Waals surface area contributed by atoms with Crippen LogP contribution in [0.1, 0.15) is 22.3 Å². The summed E-state index contributed by atoms with van der Waals surface area (Å²) in [7, 11) is 0. The SMILES string of the molecule is C1=CC2=CC=Cc3c4c5c(c(c3C2)=C1)=CC=CC(=CC=C4)C5. The monoisotopic (exact) mass is 280 g/mol. The van der Waals surface area contributed by atoms with E-state index in [1.165, 1.54) is 43.8 Å². The standard InChI is InChI=1S/C22H16/c1-5-15-6-2-11-19-20-12-4-8-16-7-3-10-18(22(20)14-16)17(9-1)21(19)13-15/h1-12H,13-14H2. The molecule has 0 radical (unpaired) electrons. The van der Waals surface area contributed by atoms with E-state index in [2.05, 4.69) is 72.9 Å². The average Bonchev–Trinajstić information content (AvgIpc) is 3.01. The van der Waals surface area contributed by atoms with E-state index in [-0.39, 0.29) is 0 Å². The molecule has 4 bridgehead atoms. The van der Waals surface area contributed by atoms with E-state index >= 15 is 0 Å². The highest BCUT2D eigenvalue weighted by Gasteiger charge is 2.19. The second-order valence-electron chi connectivity index (χ2n) is 6.22. The summed E-state index contributed by atoms with van der Waals surface area (Å²) in [4.78, 5) is 0. The van der Waals surface area contributed by atoms with E-state index in [0.29, 0.717) is 0 Å². The Morgan fingerprint density at radius 2 is 0.955 bits per heavy atom. The first-order valence-corrected chi connectivity index (χ1v) is 7.89. The molecule has 0 atom stereocenters. The molecule has 1 aromatic rings. The van der Waals surface area contributed by atoms with Gasteiger partial charge >= 0.3 is 0 Å². The van der Waals surface area contributed by atoms with Crippen molar-refractivity contribution in [3.63, 3.8) is 0 Å². The predicted octanol–water partition coefficient (Wildman–Crippen LogP) is 3.38. The molecule has 0 N–H and O–H groups in total.